The van der Waals surface area contributed by atoms with Gasteiger partial charge in [0.1, 0.15) is 5.75 Å². The highest BCUT2D eigenvalue weighted by Gasteiger charge is 2.20. The van der Waals surface area contributed by atoms with Gasteiger partial charge in [-0.25, -0.2) is 4.98 Å². The summed E-state index contributed by atoms with van der Waals surface area (Å²) < 4.78 is 7.08. The van der Waals surface area contributed by atoms with E-state index in [1.165, 1.54) is 0 Å². The Balaban J connectivity index is 1.66. The third kappa shape index (κ3) is 3.36. The van der Waals surface area contributed by atoms with Gasteiger partial charge in [0, 0.05) is 23.7 Å². The fourth-order valence-corrected chi connectivity index (χ4v) is 4.08. The van der Waals surface area contributed by atoms with Gasteiger partial charge in [0.2, 0.25) is 0 Å². The molecule has 0 fully saturated rings. The predicted octanol–water partition coefficient (Wildman–Crippen LogP) is 5.36. The van der Waals surface area contributed by atoms with Crippen molar-refractivity contribution in [3.05, 3.63) is 84.1 Å². The Kier molecular flexibility index (Phi) is 4.82. The molecule has 0 aliphatic heterocycles. The maximum absolute atomic E-state index is 13.5. The van der Waals surface area contributed by atoms with E-state index in [0.717, 1.165) is 38.9 Å². The second kappa shape index (κ2) is 7.81. The molecule has 0 bridgehead atoms. The van der Waals surface area contributed by atoms with Crippen LogP contribution in [0.4, 0.5) is 5.69 Å². The van der Waals surface area contributed by atoms with Crippen LogP contribution in [0.15, 0.2) is 72.8 Å². The largest absolute Gasteiger partial charge is 0.497 e. The van der Waals surface area contributed by atoms with Crippen molar-refractivity contribution in [1.82, 2.24) is 14.8 Å². The Bertz CT molecular complexity index is 1480. The average molecular weight is 422 g/mol. The summed E-state index contributed by atoms with van der Waals surface area (Å²) in [4.78, 5) is 18.3. The van der Waals surface area contributed by atoms with E-state index >= 15 is 0 Å². The molecule has 0 saturated carbocycles. The minimum atomic E-state index is -0.200. The summed E-state index contributed by atoms with van der Waals surface area (Å²) >= 11 is 0. The molecule has 6 heteroatoms. The van der Waals surface area contributed by atoms with Crippen LogP contribution in [0.2, 0.25) is 0 Å². The van der Waals surface area contributed by atoms with E-state index in [2.05, 4.69) is 10.4 Å². The second-order valence-electron chi connectivity index (χ2n) is 7.68. The maximum Gasteiger partial charge on any atom is 0.256 e. The molecule has 0 radical (unpaired) electrons. The van der Waals surface area contributed by atoms with Crippen molar-refractivity contribution in [2.24, 2.45) is 7.05 Å². The first-order chi connectivity index (χ1) is 15.5. The number of hydrogen-bond donors (Lipinski definition) is 1. The normalized spacial score (nSPS) is 11.1. The van der Waals surface area contributed by atoms with Gasteiger partial charge in [0.25, 0.3) is 5.91 Å². The van der Waals surface area contributed by atoms with Crippen molar-refractivity contribution in [2.75, 3.05) is 12.4 Å². The number of pyridine rings is 1. The summed E-state index contributed by atoms with van der Waals surface area (Å²) in [6, 6.07) is 23.3. The first kappa shape index (κ1) is 19.8. The van der Waals surface area contributed by atoms with Crippen LogP contribution in [0, 0.1) is 6.92 Å². The molecule has 0 saturated heterocycles. The quantitative estimate of drug-likeness (QED) is 0.423. The zero-order chi connectivity index (χ0) is 22.2. The lowest BCUT2D eigenvalue weighted by Crippen LogP contribution is -2.13. The number of fused-ring (bicyclic) bond motifs is 2. The van der Waals surface area contributed by atoms with Gasteiger partial charge < -0.3 is 10.1 Å². The van der Waals surface area contributed by atoms with Crippen molar-refractivity contribution in [1.29, 1.82) is 0 Å². The molecule has 0 atom stereocenters. The van der Waals surface area contributed by atoms with Crippen molar-refractivity contribution in [3.8, 4) is 17.0 Å². The van der Waals surface area contributed by atoms with Crippen LogP contribution >= 0.6 is 0 Å². The molecule has 6 nitrogen and oxygen atoms in total. The number of aromatic nitrogens is 3. The zero-order valence-electron chi connectivity index (χ0n) is 18.1. The molecule has 0 aliphatic rings. The number of methoxy groups -OCH3 is 1. The standard InChI is InChI=1S/C26H22N4O2/c1-16-24-21(26(31)28-22-13-7-9-17-8-4-5-12-20(17)22)15-23(27-25(24)30(2)29-16)18-10-6-11-19(14-18)32-3/h4-15H,1-3H3,(H,28,31). The van der Waals surface area contributed by atoms with Gasteiger partial charge >= 0.3 is 0 Å². The van der Waals surface area contributed by atoms with E-state index in [1.54, 1.807) is 11.8 Å². The highest BCUT2D eigenvalue weighted by Crippen LogP contribution is 2.30. The smallest absolute Gasteiger partial charge is 0.256 e. The molecule has 158 valence electrons. The van der Waals surface area contributed by atoms with Gasteiger partial charge in [-0.2, -0.15) is 5.10 Å². The van der Waals surface area contributed by atoms with Gasteiger partial charge in [-0.1, -0.05) is 48.5 Å². The van der Waals surface area contributed by atoms with Gasteiger partial charge in [0.05, 0.1) is 29.4 Å². The molecule has 5 aromatic rings. The first-order valence-electron chi connectivity index (χ1n) is 10.3. The molecule has 5 rings (SSSR count). The molecule has 0 spiro atoms. The summed E-state index contributed by atoms with van der Waals surface area (Å²) in [6.07, 6.45) is 0. The second-order valence-corrected chi connectivity index (χ2v) is 7.68. The number of ether oxygens (including phenoxy) is 1. The molecule has 0 unspecified atom stereocenters. The third-order valence-electron chi connectivity index (χ3n) is 5.62. The summed E-state index contributed by atoms with van der Waals surface area (Å²) in [6.45, 7) is 1.89. The van der Waals surface area contributed by atoms with E-state index in [4.69, 9.17) is 9.72 Å². The van der Waals surface area contributed by atoms with E-state index in [1.807, 2.05) is 86.8 Å². The number of aryl methyl sites for hydroxylation is 2. The van der Waals surface area contributed by atoms with Crippen LogP contribution in [-0.2, 0) is 7.05 Å². The van der Waals surface area contributed by atoms with Crippen LogP contribution in [0.1, 0.15) is 16.1 Å². The van der Waals surface area contributed by atoms with Crippen LogP contribution < -0.4 is 10.1 Å². The van der Waals surface area contributed by atoms with Crippen molar-refractivity contribution >= 4 is 33.4 Å². The van der Waals surface area contributed by atoms with Crippen molar-refractivity contribution in [3.63, 3.8) is 0 Å². The minimum absolute atomic E-state index is 0.200. The number of hydrogen-bond acceptors (Lipinski definition) is 4. The Hall–Kier alpha value is -4.19. The number of carbonyl (C=O) groups excluding carboxylic acids is 1. The fourth-order valence-electron chi connectivity index (χ4n) is 4.08. The molecule has 1 N–H and O–H groups in total. The molecule has 0 aliphatic carbocycles. The molecular weight excluding hydrogens is 400 g/mol. The highest BCUT2D eigenvalue weighted by atomic mass is 16.5. The lowest BCUT2D eigenvalue weighted by atomic mass is 10.0. The maximum atomic E-state index is 13.5. The number of amides is 1. The molecule has 1 amide bonds. The molecule has 2 heterocycles. The van der Waals surface area contributed by atoms with Crippen LogP contribution in [0.3, 0.4) is 0 Å². The average Bonchev–Trinajstić information content (AvgIpc) is 3.12. The SMILES string of the molecule is COc1cccc(-c2cc(C(=O)Nc3cccc4ccccc34)c3c(C)nn(C)c3n2)c1. The van der Waals surface area contributed by atoms with E-state index < -0.39 is 0 Å². The summed E-state index contributed by atoms with van der Waals surface area (Å²) in [5.74, 6) is 0.529. The lowest BCUT2D eigenvalue weighted by molar-refractivity contribution is 0.102. The number of anilines is 1. The first-order valence-corrected chi connectivity index (χ1v) is 10.3. The van der Waals surface area contributed by atoms with Gasteiger partial charge in [0.15, 0.2) is 5.65 Å². The number of nitrogens with zero attached hydrogens (tertiary/aromatic N) is 3. The van der Waals surface area contributed by atoms with Crippen LogP contribution in [0.5, 0.6) is 5.75 Å². The van der Waals surface area contributed by atoms with Gasteiger partial charge in [-0.3, -0.25) is 9.48 Å². The van der Waals surface area contributed by atoms with E-state index in [0.29, 0.717) is 16.9 Å². The van der Waals surface area contributed by atoms with E-state index in [-0.39, 0.29) is 5.91 Å². The lowest BCUT2D eigenvalue weighted by Gasteiger charge is -2.12. The van der Waals surface area contributed by atoms with Crippen LogP contribution in [-0.4, -0.2) is 27.8 Å². The minimum Gasteiger partial charge on any atom is -0.497 e. The van der Waals surface area contributed by atoms with Gasteiger partial charge in [-0.15, -0.1) is 0 Å². The summed E-state index contributed by atoms with van der Waals surface area (Å²) in [5.41, 5.74) is 4.27. The topological polar surface area (TPSA) is 69.0 Å². The van der Waals surface area contributed by atoms with Crippen LogP contribution in [0.25, 0.3) is 33.1 Å². The number of rotatable bonds is 4. The Morgan fingerprint density at radius 1 is 1.00 bits per heavy atom. The Morgan fingerprint density at radius 3 is 2.62 bits per heavy atom. The molecule has 2 aromatic heterocycles. The molecule has 32 heavy (non-hydrogen) atoms. The van der Waals surface area contributed by atoms with Crippen molar-refractivity contribution in [2.45, 2.75) is 6.92 Å². The summed E-state index contributed by atoms with van der Waals surface area (Å²) in [5, 5.41) is 10.4. The summed E-state index contributed by atoms with van der Waals surface area (Å²) in [7, 11) is 3.47. The number of nitrogens with one attached hydrogen (secondary N) is 1. The van der Waals surface area contributed by atoms with E-state index in [9.17, 15) is 4.79 Å². The monoisotopic (exact) mass is 422 g/mol. The fraction of sp³-hybridized carbons (Fsp3) is 0.115. The van der Waals surface area contributed by atoms with Crippen molar-refractivity contribution < 1.29 is 9.53 Å². The molecular formula is C26H22N4O2. The number of benzene rings is 3. The zero-order valence-corrected chi connectivity index (χ0v) is 18.1. The number of carbonyl (C=O) groups is 1. The Morgan fingerprint density at radius 2 is 1.78 bits per heavy atom. The highest BCUT2D eigenvalue weighted by molar-refractivity contribution is 6.15. The van der Waals surface area contributed by atoms with Gasteiger partial charge in [-0.05, 0) is 36.6 Å². The molecule has 3 aromatic carbocycles. The Labute approximate surface area is 185 Å². The predicted molar refractivity (Wildman–Crippen MR) is 127 cm³/mol. The third-order valence-corrected chi connectivity index (χ3v) is 5.62.